The molecule has 2 aromatic rings. The fourth-order valence-electron chi connectivity index (χ4n) is 3.06. The first-order valence-corrected chi connectivity index (χ1v) is 7.74. The van der Waals surface area contributed by atoms with Crippen molar-refractivity contribution in [3.05, 3.63) is 35.1 Å². The van der Waals surface area contributed by atoms with E-state index in [1.54, 1.807) is 4.90 Å². The summed E-state index contributed by atoms with van der Waals surface area (Å²) in [4.78, 5) is 14.0. The summed E-state index contributed by atoms with van der Waals surface area (Å²) in [6.45, 7) is 11.0. The first-order valence-electron chi connectivity index (χ1n) is 7.74. The van der Waals surface area contributed by atoms with Crippen LogP contribution < -0.4 is 0 Å². The van der Waals surface area contributed by atoms with Crippen molar-refractivity contribution < 1.29 is 13.9 Å². The number of amides is 1. The molecule has 1 aliphatic rings. The lowest BCUT2D eigenvalue weighted by molar-refractivity contribution is 0.0194. The number of furan rings is 1. The molecule has 4 nitrogen and oxygen atoms in total. The van der Waals surface area contributed by atoms with Gasteiger partial charge in [0.1, 0.15) is 16.9 Å². The minimum Gasteiger partial charge on any atom is -0.459 e. The van der Waals surface area contributed by atoms with Gasteiger partial charge in [-0.2, -0.15) is 0 Å². The third-order valence-electron chi connectivity index (χ3n) is 3.93. The quantitative estimate of drug-likeness (QED) is 0.714. The maximum absolute atomic E-state index is 12.3. The maximum Gasteiger partial charge on any atom is 0.410 e. The van der Waals surface area contributed by atoms with Gasteiger partial charge >= 0.3 is 6.09 Å². The van der Waals surface area contributed by atoms with Gasteiger partial charge in [0.25, 0.3) is 0 Å². The van der Waals surface area contributed by atoms with E-state index in [0.717, 1.165) is 16.7 Å². The minimum absolute atomic E-state index is 0.236. The summed E-state index contributed by atoms with van der Waals surface area (Å²) < 4.78 is 11.5. The molecule has 0 N–H and O–H groups in total. The first kappa shape index (κ1) is 14.9. The number of hydrogen-bond donors (Lipinski definition) is 0. The summed E-state index contributed by atoms with van der Waals surface area (Å²) in [5, 5.41) is 1.16. The van der Waals surface area contributed by atoms with Crippen molar-refractivity contribution in [1.29, 1.82) is 0 Å². The molecule has 118 valence electrons. The Kier molecular flexibility index (Phi) is 3.42. The molecule has 3 rings (SSSR count). The highest BCUT2D eigenvalue weighted by atomic mass is 16.6. The van der Waals surface area contributed by atoms with Gasteiger partial charge in [0.05, 0.1) is 6.54 Å². The van der Waals surface area contributed by atoms with Gasteiger partial charge < -0.3 is 14.1 Å². The Morgan fingerprint density at radius 3 is 2.77 bits per heavy atom. The van der Waals surface area contributed by atoms with Crippen molar-refractivity contribution in [2.24, 2.45) is 0 Å². The van der Waals surface area contributed by atoms with Gasteiger partial charge in [0, 0.05) is 23.4 Å². The van der Waals surface area contributed by atoms with E-state index in [4.69, 9.17) is 9.15 Å². The standard InChI is InChI=1S/C18H23NO3/c1-11-6-7-13-14(8-11)21-15-10-19(9-12(2)16(13)15)17(20)22-18(3,4)5/h6-8,12H,9-10H2,1-5H3. The zero-order valence-electron chi connectivity index (χ0n) is 13.9. The average Bonchev–Trinajstić information content (AvgIpc) is 2.74. The molecule has 0 saturated heterocycles. The molecule has 22 heavy (non-hydrogen) atoms. The number of hydrogen-bond acceptors (Lipinski definition) is 3. The molecule has 4 heteroatoms. The molecule has 0 radical (unpaired) electrons. The van der Waals surface area contributed by atoms with Crippen LogP contribution in [0.25, 0.3) is 11.0 Å². The predicted octanol–water partition coefficient (Wildman–Crippen LogP) is 4.60. The Morgan fingerprint density at radius 1 is 1.36 bits per heavy atom. The van der Waals surface area contributed by atoms with Crippen LogP contribution in [-0.4, -0.2) is 23.1 Å². The zero-order valence-corrected chi connectivity index (χ0v) is 13.9. The second-order valence-corrected chi connectivity index (χ2v) is 7.20. The van der Waals surface area contributed by atoms with Gasteiger partial charge in [-0.05, 0) is 39.3 Å². The number of carbonyl (C=O) groups excluding carboxylic acids is 1. The average molecular weight is 301 g/mol. The van der Waals surface area contributed by atoms with Gasteiger partial charge in [-0.25, -0.2) is 4.79 Å². The number of nitrogens with zero attached hydrogens (tertiary/aromatic N) is 1. The Morgan fingerprint density at radius 2 is 2.09 bits per heavy atom. The van der Waals surface area contributed by atoms with Crippen LogP contribution in [0.1, 0.15) is 50.5 Å². The number of rotatable bonds is 0. The molecule has 0 fully saturated rings. The van der Waals surface area contributed by atoms with Crippen molar-refractivity contribution in [3.63, 3.8) is 0 Å². The Balaban J connectivity index is 1.93. The summed E-state index contributed by atoms with van der Waals surface area (Å²) >= 11 is 0. The molecular weight excluding hydrogens is 278 g/mol. The van der Waals surface area contributed by atoms with Gasteiger partial charge in [0.2, 0.25) is 0 Å². The molecule has 0 bridgehead atoms. The summed E-state index contributed by atoms with van der Waals surface area (Å²) in [5.74, 6) is 1.12. The number of carbonyl (C=O) groups is 1. The van der Waals surface area contributed by atoms with E-state index in [9.17, 15) is 4.79 Å². The molecule has 0 aliphatic carbocycles. The second-order valence-electron chi connectivity index (χ2n) is 7.20. The predicted molar refractivity (Wildman–Crippen MR) is 86.0 cm³/mol. The Bertz CT molecular complexity index is 724. The summed E-state index contributed by atoms with van der Waals surface area (Å²) in [6, 6.07) is 6.27. The number of ether oxygens (including phenoxy) is 1. The fourth-order valence-corrected chi connectivity index (χ4v) is 3.06. The van der Waals surface area contributed by atoms with E-state index >= 15 is 0 Å². The molecule has 1 aromatic heterocycles. The Hall–Kier alpha value is -1.97. The van der Waals surface area contributed by atoms with Crippen LogP contribution in [-0.2, 0) is 11.3 Å². The summed E-state index contributed by atoms with van der Waals surface area (Å²) in [5.41, 5.74) is 2.83. The highest BCUT2D eigenvalue weighted by Crippen LogP contribution is 2.37. The van der Waals surface area contributed by atoms with Crippen molar-refractivity contribution in [2.75, 3.05) is 6.54 Å². The normalized spacial score (nSPS) is 18.4. The van der Waals surface area contributed by atoms with Gasteiger partial charge in [-0.1, -0.05) is 19.1 Å². The van der Waals surface area contributed by atoms with E-state index < -0.39 is 5.60 Å². The lowest BCUT2D eigenvalue weighted by Crippen LogP contribution is -2.40. The number of fused-ring (bicyclic) bond motifs is 3. The largest absolute Gasteiger partial charge is 0.459 e. The van der Waals surface area contributed by atoms with E-state index in [1.165, 1.54) is 11.1 Å². The molecule has 1 atom stereocenters. The number of aryl methyl sites for hydroxylation is 1. The molecular formula is C18H23NO3. The molecule has 2 heterocycles. The first-order chi connectivity index (χ1) is 10.2. The number of benzene rings is 1. The van der Waals surface area contributed by atoms with Crippen LogP contribution in [0.3, 0.4) is 0 Å². The molecule has 1 unspecified atom stereocenters. The lowest BCUT2D eigenvalue weighted by atomic mass is 9.93. The molecule has 1 aromatic carbocycles. The highest BCUT2D eigenvalue weighted by Gasteiger charge is 2.32. The Labute approximate surface area is 131 Å². The third kappa shape index (κ3) is 2.70. The van der Waals surface area contributed by atoms with E-state index in [2.05, 4.69) is 32.0 Å². The van der Waals surface area contributed by atoms with E-state index in [-0.39, 0.29) is 12.0 Å². The van der Waals surface area contributed by atoms with Crippen LogP contribution >= 0.6 is 0 Å². The summed E-state index contributed by atoms with van der Waals surface area (Å²) in [7, 11) is 0. The van der Waals surface area contributed by atoms with Crippen LogP contribution in [0.15, 0.2) is 22.6 Å². The van der Waals surface area contributed by atoms with Crippen LogP contribution in [0.4, 0.5) is 4.79 Å². The van der Waals surface area contributed by atoms with Gasteiger partial charge in [0.15, 0.2) is 0 Å². The minimum atomic E-state index is -0.481. The molecule has 0 saturated carbocycles. The van der Waals surface area contributed by atoms with Crippen LogP contribution in [0.2, 0.25) is 0 Å². The van der Waals surface area contributed by atoms with Crippen molar-refractivity contribution in [1.82, 2.24) is 4.90 Å². The van der Waals surface area contributed by atoms with Gasteiger partial charge in [-0.15, -0.1) is 0 Å². The topological polar surface area (TPSA) is 42.7 Å². The monoisotopic (exact) mass is 301 g/mol. The molecule has 1 amide bonds. The van der Waals surface area contributed by atoms with Crippen molar-refractivity contribution >= 4 is 17.1 Å². The molecule has 0 spiro atoms. The maximum atomic E-state index is 12.3. The van der Waals surface area contributed by atoms with Crippen LogP contribution in [0, 0.1) is 6.92 Å². The molecule has 1 aliphatic heterocycles. The van der Waals surface area contributed by atoms with Gasteiger partial charge in [-0.3, -0.25) is 0 Å². The lowest BCUT2D eigenvalue weighted by Gasteiger charge is -2.32. The van der Waals surface area contributed by atoms with E-state index in [0.29, 0.717) is 13.1 Å². The van der Waals surface area contributed by atoms with Crippen LogP contribution in [0.5, 0.6) is 0 Å². The van der Waals surface area contributed by atoms with Crippen molar-refractivity contribution in [3.8, 4) is 0 Å². The third-order valence-corrected chi connectivity index (χ3v) is 3.93. The fraction of sp³-hybridized carbons (Fsp3) is 0.500. The zero-order chi connectivity index (χ0) is 16.1. The smallest absolute Gasteiger partial charge is 0.410 e. The van der Waals surface area contributed by atoms with Crippen molar-refractivity contribution in [2.45, 2.75) is 52.7 Å². The van der Waals surface area contributed by atoms with E-state index in [1.807, 2.05) is 20.8 Å². The summed E-state index contributed by atoms with van der Waals surface area (Å²) in [6.07, 6.45) is -0.276. The highest BCUT2D eigenvalue weighted by molar-refractivity contribution is 5.84. The SMILES string of the molecule is Cc1ccc2c3c(oc2c1)CN(C(=O)OC(C)(C)C)CC3C. The second kappa shape index (κ2) is 5.04.